The van der Waals surface area contributed by atoms with Crippen LogP contribution in [0.4, 0.5) is 0 Å². The zero-order valence-corrected chi connectivity index (χ0v) is 11.4. The molecule has 0 amide bonds. The number of rotatable bonds is 4. The van der Waals surface area contributed by atoms with Gasteiger partial charge >= 0.3 is 0 Å². The van der Waals surface area contributed by atoms with E-state index in [2.05, 4.69) is 30.5 Å². The summed E-state index contributed by atoms with van der Waals surface area (Å²) in [5.41, 5.74) is -0.0604. The molecular weight excluding hydrogens is 226 g/mol. The summed E-state index contributed by atoms with van der Waals surface area (Å²) in [6.07, 6.45) is 8.33. The van der Waals surface area contributed by atoms with E-state index < -0.39 is 0 Å². The van der Waals surface area contributed by atoms with Gasteiger partial charge in [0.2, 0.25) is 0 Å². The first-order valence-corrected chi connectivity index (χ1v) is 7.59. The van der Waals surface area contributed by atoms with Crippen molar-refractivity contribution in [1.82, 2.24) is 0 Å². The summed E-state index contributed by atoms with van der Waals surface area (Å²) in [5, 5.41) is 11.6. The molecule has 1 aromatic rings. The van der Waals surface area contributed by atoms with Crippen molar-refractivity contribution in [2.45, 2.75) is 51.9 Å². The number of nitriles is 1. The van der Waals surface area contributed by atoms with Gasteiger partial charge in [0.15, 0.2) is 0 Å². The molecule has 0 aromatic carbocycles. The van der Waals surface area contributed by atoms with Gasteiger partial charge in [0.25, 0.3) is 0 Å². The molecule has 1 heterocycles. The van der Waals surface area contributed by atoms with Gasteiger partial charge in [0, 0.05) is 11.3 Å². The fourth-order valence-corrected chi connectivity index (χ4v) is 3.85. The molecule has 0 radical (unpaired) electrons. The smallest absolute Gasteiger partial charge is 0.0693 e. The standard InChI is InChI=1S/C15H21NS/c1-2-4-13-6-8-15(12-16,9-7-13)11-14-5-3-10-17-14/h3,5,10,13H,2,4,6-9,11H2,1H3. The second-order valence-electron chi connectivity index (χ2n) is 5.38. The van der Waals surface area contributed by atoms with Gasteiger partial charge in [0.1, 0.15) is 0 Å². The predicted molar refractivity (Wildman–Crippen MR) is 72.9 cm³/mol. The fourth-order valence-electron chi connectivity index (χ4n) is 3.00. The Morgan fingerprint density at radius 1 is 1.47 bits per heavy atom. The van der Waals surface area contributed by atoms with E-state index >= 15 is 0 Å². The lowest BCUT2D eigenvalue weighted by Gasteiger charge is -2.34. The molecule has 1 nitrogen and oxygen atoms in total. The Morgan fingerprint density at radius 2 is 2.24 bits per heavy atom. The average molecular weight is 247 g/mol. The molecule has 0 atom stereocenters. The van der Waals surface area contributed by atoms with Crippen molar-refractivity contribution in [2.75, 3.05) is 0 Å². The minimum absolute atomic E-state index is 0.0604. The molecular formula is C15H21NS. The molecule has 1 aliphatic rings. The quantitative estimate of drug-likeness (QED) is 0.750. The maximum absolute atomic E-state index is 9.51. The molecule has 1 fully saturated rings. The summed E-state index contributed by atoms with van der Waals surface area (Å²) >= 11 is 1.79. The maximum Gasteiger partial charge on any atom is 0.0693 e. The van der Waals surface area contributed by atoms with Crippen LogP contribution >= 0.6 is 11.3 Å². The van der Waals surface area contributed by atoms with Crippen molar-refractivity contribution in [1.29, 1.82) is 5.26 Å². The van der Waals surface area contributed by atoms with Crippen LogP contribution < -0.4 is 0 Å². The van der Waals surface area contributed by atoms with E-state index in [1.165, 1.54) is 30.6 Å². The number of hydrogen-bond donors (Lipinski definition) is 0. The summed E-state index contributed by atoms with van der Waals surface area (Å²) in [7, 11) is 0. The van der Waals surface area contributed by atoms with Crippen molar-refractivity contribution in [3.63, 3.8) is 0 Å². The Labute approximate surface area is 108 Å². The summed E-state index contributed by atoms with van der Waals surface area (Å²) in [6, 6.07) is 6.88. The zero-order chi connectivity index (χ0) is 12.1. The summed E-state index contributed by atoms with van der Waals surface area (Å²) < 4.78 is 0. The molecule has 2 rings (SSSR count). The largest absolute Gasteiger partial charge is 0.198 e. The van der Waals surface area contributed by atoms with Crippen LogP contribution in [0, 0.1) is 22.7 Å². The lowest BCUT2D eigenvalue weighted by atomic mass is 9.68. The molecule has 1 saturated carbocycles. The molecule has 0 spiro atoms. The SMILES string of the molecule is CCCC1CCC(C#N)(Cc2cccs2)CC1. The maximum atomic E-state index is 9.51. The fraction of sp³-hybridized carbons (Fsp3) is 0.667. The topological polar surface area (TPSA) is 23.8 Å². The Kier molecular flexibility index (Phi) is 4.23. The lowest BCUT2D eigenvalue weighted by molar-refractivity contribution is 0.201. The first-order valence-electron chi connectivity index (χ1n) is 6.71. The van der Waals surface area contributed by atoms with Crippen molar-refractivity contribution >= 4 is 11.3 Å². The van der Waals surface area contributed by atoms with Crippen LogP contribution in [0.15, 0.2) is 17.5 Å². The minimum Gasteiger partial charge on any atom is -0.198 e. The molecule has 1 aromatic heterocycles. The molecule has 17 heavy (non-hydrogen) atoms. The molecule has 0 unspecified atom stereocenters. The average Bonchev–Trinajstić information content (AvgIpc) is 2.85. The van der Waals surface area contributed by atoms with Crippen molar-refractivity contribution in [3.05, 3.63) is 22.4 Å². The third-order valence-electron chi connectivity index (χ3n) is 4.09. The Balaban J connectivity index is 1.96. The predicted octanol–water partition coefficient (Wildman–Crippen LogP) is 4.79. The Bertz CT molecular complexity index is 366. The van der Waals surface area contributed by atoms with Gasteiger partial charge in [-0.3, -0.25) is 0 Å². The van der Waals surface area contributed by atoms with Crippen molar-refractivity contribution in [3.8, 4) is 6.07 Å². The van der Waals surface area contributed by atoms with E-state index in [0.29, 0.717) is 0 Å². The van der Waals surface area contributed by atoms with Gasteiger partial charge in [-0.05, 0) is 43.0 Å². The zero-order valence-electron chi connectivity index (χ0n) is 10.6. The van der Waals surface area contributed by atoms with E-state index in [4.69, 9.17) is 0 Å². The molecule has 2 heteroatoms. The number of hydrogen-bond acceptors (Lipinski definition) is 2. The molecule has 0 bridgehead atoms. The highest BCUT2D eigenvalue weighted by atomic mass is 32.1. The highest BCUT2D eigenvalue weighted by Gasteiger charge is 2.35. The highest BCUT2D eigenvalue weighted by Crippen LogP contribution is 2.42. The van der Waals surface area contributed by atoms with E-state index in [0.717, 1.165) is 25.2 Å². The van der Waals surface area contributed by atoms with Gasteiger partial charge < -0.3 is 0 Å². The first-order chi connectivity index (χ1) is 8.28. The normalized spacial score (nSPS) is 28.8. The van der Waals surface area contributed by atoms with Gasteiger partial charge in [-0.15, -0.1) is 11.3 Å². The van der Waals surface area contributed by atoms with E-state index in [-0.39, 0.29) is 5.41 Å². The van der Waals surface area contributed by atoms with Crippen LogP contribution in [0.5, 0.6) is 0 Å². The minimum atomic E-state index is -0.0604. The molecule has 1 aliphatic carbocycles. The van der Waals surface area contributed by atoms with Crippen LogP contribution in [0.3, 0.4) is 0 Å². The van der Waals surface area contributed by atoms with Crippen LogP contribution in [0.1, 0.15) is 50.3 Å². The second-order valence-corrected chi connectivity index (χ2v) is 6.41. The van der Waals surface area contributed by atoms with Crippen LogP contribution in [0.2, 0.25) is 0 Å². The molecule has 0 aliphatic heterocycles. The monoisotopic (exact) mass is 247 g/mol. The van der Waals surface area contributed by atoms with Crippen LogP contribution in [-0.2, 0) is 6.42 Å². The molecule has 92 valence electrons. The van der Waals surface area contributed by atoms with E-state index in [1.54, 1.807) is 11.3 Å². The van der Waals surface area contributed by atoms with Crippen molar-refractivity contribution in [2.24, 2.45) is 11.3 Å². The third-order valence-corrected chi connectivity index (χ3v) is 4.97. The number of thiophene rings is 1. The summed E-state index contributed by atoms with van der Waals surface area (Å²) in [6.45, 7) is 2.26. The molecule has 0 saturated heterocycles. The second kappa shape index (κ2) is 5.69. The Hall–Kier alpha value is -0.810. The van der Waals surface area contributed by atoms with Gasteiger partial charge in [-0.2, -0.15) is 5.26 Å². The van der Waals surface area contributed by atoms with E-state index in [9.17, 15) is 5.26 Å². The first kappa shape index (κ1) is 12.6. The van der Waals surface area contributed by atoms with Crippen molar-refractivity contribution < 1.29 is 0 Å². The van der Waals surface area contributed by atoms with Gasteiger partial charge in [-0.25, -0.2) is 0 Å². The summed E-state index contributed by atoms with van der Waals surface area (Å²) in [4.78, 5) is 1.38. The lowest BCUT2D eigenvalue weighted by Crippen LogP contribution is -2.28. The van der Waals surface area contributed by atoms with Crippen LogP contribution in [0.25, 0.3) is 0 Å². The van der Waals surface area contributed by atoms with Crippen LogP contribution in [-0.4, -0.2) is 0 Å². The Morgan fingerprint density at radius 3 is 2.76 bits per heavy atom. The molecule has 0 N–H and O–H groups in total. The number of nitrogens with zero attached hydrogens (tertiary/aromatic N) is 1. The van der Waals surface area contributed by atoms with Gasteiger partial charge in [-0.1, -0.05) is 25.8 Å². The van der Waals surface area contributed by atoms with Gasteiger partial charge in [0.05, 0.1) is 11.5 Å². The highest BCUT2D eigenvalue weighted by molar-refractivity contribution is 7.09. The van der Waals surface area contributed by atoms with E-state index in [1.807, 2.05) is 0 Å². The summed E-state index contributed by atoms with van der Waals surface area (Å²) in [5.74, 6) is 0.879. The third kappa shape index (κ3) is 3.10.